The molecule has 0 saturated carbocycles. The molecule has 34 heavy (non-hydrogen) atoms. The van der Waals surface area contributed by atoms with Gasteiger partial charge in [0.25, 0.3) is 5.91 Å². The monoisotopic (exact) mass is 459 g/mol. The third-order valence-electron chi connectivity index (χ3n) is 5.39. The predicted molar refractivity (Wildman–Crippen MR) is 128 cm³/mol. The van der Waals surface area contributed by atoms with Crippen molar-refractivity contribution in [3.63, 3.8) is 0 Å². The second-order valence-electron chi connectivity index (χ2n) is 8.34. The first-order chi connectivity index (χ1) is 16.3. The Morgan fingerprint density at radius 3 is 2.56 bits per heavy atom. The number of phenolic OH excluding ortho intramolecular Hbond substituents is 1. The molecule has 0 spiro atoms. The van der Waals surface area contributed by atoms with E-state index in [9.17, 15) is 19.5 Å². The number of esters is 1. The Morgan fingerprint density at radius 2 is 1.82 bits per heavy atom. The highest BCUT2D eigenvalue weighted by Gasteiger charge is 2.28. The van der Waals surface area contributed by atoms with Gasteiger partial charge >= 0.3 is 12.0 Å². The van der Waals surface area contributed by atoms with Crippen LogP contribution in [0.2, 0.25) is 0 Å². The zero-order valence-corrected chi connectivity index (χ0v) is 18.9. The number of urea groups is 1. The number of phenols is 1. The van der Waals surface area contributed by atoms with Gasteiger partial charge in [0.05, 0.1) is 16.8 Å². The first-order valence-corrected chi connectivity index (χ1v) is 11.0. The average molecular weight is 460 g/mol. The molecule has 8 heteroatoms. The van der Waals surface area contributed by atoms with Crippen molar-refractivity contribution in [2.45, 2.75) is 32.7 Å². The van der Waals surface area contributed by atoms with Gasteiger partial charge in [-0.25, -0.2) is 14.6 Å². The molecule has 0 aliphatic heterocycles. The minimum absolute atomic E-state index is 0.134. The normalized spacial score (nSPS) is 13.7. The Labute approximate surface area is 196 Å². The lowest BCUT2D eigenvalue weighted by atomic mass is 10.0. The Balaban J connectivity index is 1.62. The highest BCUT2D eigenvalue weighted by atomic mass is 16.5. The molecule has 4 rings (SSSR count). The third-order valence-corrected chi connectivity index (χ3v) is 5.39. The molecular weight excluding hydrogens is 434 g/mol. The number of imide groups is 1. The second-order valence-corrected chi connectivity index (χ2v) is 8.34. The van der Waals surface area contributed by atoms with E-state index in [1.165, 1.54) is 0 Å². The lowest BCUT2D eigenvalue weighted by Crippen LogP contribution is -2.44. The van der Waals surface area contributed by atoms with Crippen molar-refractivity contribution in [2.24, 2.45) is 0 Å². The third kappa shape index (κ3) is 5.06. The fourth-order valence-electron chi connectivity index (χ4n) is 3.95. The second kappa shape index (κ2) is 9.74. The number of aromatic nitrogens is 1. The molecule has 1 heterocycles. The van der Waals surface area contributed by atoms with Crippen molar-refractivity contribution in [3.05, 3.63) is 70.9 Å². The average Bonchev–Trinajstić information content (AvgIpc) is 3.18. The number of benzene rings is 2. The number of fused-ring (bicyclic) bond motifs is 2. The van der Waals surface area contributed by atoms with Crippen molar-refractivity contribution >= 4 is 40.5 Å². The zero-order chi connectivity index (χ0) is 24.2. The quantitative estimate of drug-likeness (QED) is 0.500. The van der Waals surface area contributed by atoms with E-state index >= 15 is 0 Å². The lowest BCUT2D eigenvalue weighted by Gasteiger charge is -2.13. The molecule has 1 aromatic heterocycles. The van der Waals surface area contributed by atoms with Crippen molar-refractivity contribution < 1.29 is 24.2 Å². The number of ether oxygens (including phenoxy) is 1. The topological polar surface area (TPSA) is 118 Å². The highest BCUT2D eigenvalue weighted by Crippen LogP contribution is 2.37. The smallest absolute Gasteiger partial charge is 0.339 e. The van der Waals surface area contributed by atoms with Crippen LogP contribution in [0.25, 0.3) is 22.6 Å². The largest absolute Gasteiger partial charge is 0.508 e. The number of aromatic hydroxyl groups is 1. The summed E-state index contributed by atoms with van der Waals surface area (Å²) in [5, 5.41) is 14.9. The van der Waals surface area contributed by atoms with Crippen molar-refractivity contribution in [1.82, 2.24) is 15.6 Å². The van der Waals surface area contributed by atoms with Crippen LogP contribution < -0.4 is 10.6 Å². The SMILES string of the molecule is CC(C)NC(=O)NC(=O)COC(=O)c1c2c(nc3ccccc13)/C(=C\c1ccc(O)cc1)CC2. The molecule has 0 atom stereocenters. The van der Waals surface area contributed by atoms with E-state index in [4.69, 9.17) is 9.72 Å². The van der Waals surface area contributed by atoms with Gasteiger partial charge in [-0.05, 0) is 67.7 Å². The van der Waals surface area contributed by atoms with Gasteiger partial charge in [-0.15, -0.1) is 0 Å². The standard InChI is InChI=1S/C26H25N3O5/c1-15(2)27-26(33)29-22(31)14-34-25(32)23-19-5-3-4-6-21(19)28-24-17(9-12-20(23)24)13-16-7-10-18(30)11-8-16/h3-8,10-11,13,15,30H,9,12,14H2,1-2H3,(H2,27,29,31,33)/b17-13-. The van der Waals surface area contributed by atoms with Gasteiger partial charge in [-0.1, -0.05) is 30.3 Å². The van der Waals surface area contributed by atoms with Crippen molar-refractivity contribution in [3.8, 4) is 5.75 Å². The molecule has 0 saturated heterocycles. The number of nitrogens with zero attached hydrogens (tertiary/aromatic N) is 1. The molecule has 3 aromatic rings. The molecule has 0 fully saturated rings. The van der Waals surface area contributed by atoms with Crippen LogP contribution in [-0.2, 0) is 16.0 Å². The van der Waals surface area contributed by atoms with E-state index in [0.717, 1.165) is 22.4 Å². The lowest BCUT2D eigenvalue weighted by molar-refractivity contribution is -0.123. The van der Waals surface area contributed by atoms with Gasteiger partial charge in [-0.3, -0.25) is 10.1 Å². The van der Waals surface area contributed by atoms with Crippen LogP contribution in [-0.4, -0.2) is 40.6 Å². The van der Waals surface area contributed by atoms with Crippen LogP contribution in [0, 0.1) is 0 Å². The first kappa shape index (κ1) is 23.0. The summed E-state index contributed by atoms with van der Waals surface area (Å²) >= 11 is 0. The summed E-state index contributed by atoms with van der Waals surface area (Å²) in [5.41, 5.74) is 4.41. The number of rotatable bonds is 5. The number of nitrogens with one attached hydrogen (secondary N) is 2. The number of hydrogen-bond acceptors (Lipinski definition) is 6. The molecule has 8 nitrogen and oxygen atoms in total. The van der Waals surface area contributed by atoms with Crippen molar-refractivity contribution in [1.29, 1.82) is 0 Å². The van der Waals surface area contributed by atoms with E-state index in [0.29, 0.717) is 29.3 Å². The van der Waals surface area contributed by atoms with E-state index in [1.807, 2.05) is 36.4 Å². The molecule has 1 aliphatic carbocycles. The van der Waals surface area contributed by atoms with Crippen molar-refractivity contribution in [2.75, 3.05) is 6.61 Å². The van der Waals surface area contributed by atoms with Gasteiger partial charge in [0.15, 0.2) is 6.61 Å². The molecule has 174 valence electrons. The fourth-order valence-corrected chi connectivity index (χ4v) is 3.95. The maximum Gasteiger partial charge on any atom is 0.339 e. The predicted octanol–water partition coefficient (Wildman–Crippen LogP) is 3.82. The first-order valence-electron chi connectivity index (χ1n) is 11.0. The maximum absolute atomic E-state index is 13.1. The molecule has 3 amide bonds. The molecular formula is C26H25N3O5. The number of pyridine rings is 1. The van der Waals surface area contributed by atoms with Crippen LogP contribution in [0.1, 0.15) is 47.4 Å². The number of carbonyl (C=O) groups excluding carboxylic acids is 3. The summed E-state index contributed by atoms with van der Waals surface area (Å²) in [5.74, 6) is -1.16. The summed E-state index contributed by atoms with van der Waals surface area (Å²) in [6.45, 7) is 2.96. The minimum atomic E-state index is -0.713. The molecule has 0 bridgehead atoms. The summed E-state index contributed by atoms with van der Waals surface area (Å²) in [4.78, 5) is 41.7. The molecule has 1 aliphatic rings. The number of allylic oxidation sites excluding steroid dienone is 1. The molecule has 2 aromatic carbocycles. The molecule has 3 N–H and O–H groups in total. The molecule has 0 unspecified atom stereocenters. The Kier molecular flexibility index (Phi) is 6.58. The number of carbonyl (C=O) groups is 3. The van der Waals surface area contributed by atoms with Gasteiger partial charge in [-0.2, -0.15) is 0 Å². The van der Waals surface area contributed by atoms with Gasteiger partial charge in [0.2, 0.25) is 0 Å². The van der Waals surface area contributed by atoms with E-state index in [-0.39, 0.29) is 11.8 Å². The number of para-hydroxylation sites is 1. The zero-order valence-electron chi connectivity index (χ0n) is 18.9. The summed E-state index contributed by atoms with van der Waals surface area (Å²) in [6.07, 6.45) is 3.28. The van der Waals surface area contributed by atoms with Crippen LogP contribution in [0.3, 0.4) is 0 Å². The number of hydrogen-bond donors (Lipinski definition) is 3. The van der Waals surface area contributed by atoms with E-state index in [1.54, 1.807) is 32.0 Å². The van der Waals surface area contributed by atoms with Gasteiger partial charge < -0.3 is 15.2 Å². The Morgan fingerprint density at radius 1 is 1.09 bits per heavy atom. The van der Waals surface area contributed by atoms with E-state index in [2.05, 4.69) is 10.6 Å². The van der Waals surface area contributed by atoms with Gasteiger partial charge in [0.1, 0.15) is 5.75 Å². The van der Waals surface area contributed by atoms with Crippen LogP contribution in [0.5, 0.6) is 5.75 Å². The minimum Gasteiger partial charge on any atom is -0.508 e. The van der Waals surface area contributed by atoms with Crippen LogP contribution in [0.15, 0.2) is 48.5 Å². The highest BCUT2D eigenvalue weighted by molar-refractivity contribution is 6.08. The Bertz CT molecular complexity index is 1300. The van der Waals surface area contributed by atoms with Gasteiger partial charge in [0, 0.05) is 11.4 Å². The van der Waals surface area contributed by atoms with E-state index < -0.39 is 24.5 Å². The van der Waals surface area contributed by atoms with Crippen LogP contribution >= 0.6 is 0 Å². The fraction of sp³-hybridized carbons (Fsp3) is 0.231. The van der Waals surface area contributed by atoms with Crippen LogP contribution in [0.4, 0.5) is 4.79 Å². The summed E-state index contributed by atoms with van der Waals surface area (Å²) in [6, 6.07) is 13.4. The summed E-state index contributed by atoms with van der Waals surface area (Å²) in [7, 11) is 0. The molecule has 0 radical (unpaired) electrons. The number of amides is 3. The Hall–Kier alpha value is -4.20. The summed E-state index contributed by atoms with van der Waals surface area (Å²) < 4.78 is 5.29. The maximum atomic E-state index is 13.1.